The highest BCUT2D eigenvalue weighted by atomic mass is 19.1. The molecule has 1 aromatic rings. The first kappa shape index (κ1) is 13.0. The molecule has 2 atom stereocenters. The summed E-state index contributed by atoms with van der Waals surface area (Å²) in [5.41, 5.74) is 0.350. The monoisotopic (exact) mass is 250 g/mol. The van der Waals surface area contributed by atoms with Crippen molar-refractivity contribution in [2.24, 2.45) is 5.92 Å². The summed E-state index contributed by atoms with van der Waals surface area (Å²) < 4.78 is 13.0. The molecule has 3 nitrogen and oxygen atoms in total. The first-order chi connectivity index (χ1) is 8.70. The Morgan fingerprint density at radius 3 is 3.00 bits per heavy atom. The van der Waals surface area contributed by atoms with Crippen LogP contribution in [0.2, 0.25) is 0 Å². The summed E-state index contributed by atoms with van der Waals surface area (Å²) in [5, 5.41) is 3.03. The fourth-order valence-electron chi connectivity index (χ4n) is 2.68. The van der Waals surface area contributed by atoms with Crippen molar-refractivity contribution >= 4 is 5.91 Å². The van der Waals surface area contributed by atoms with Crippen LogP contribution in [0, 0.1) is 11.9 Å². The Kier molecular flexibility index (Phi) is 4.28. The van der Waals surface area contributed by atoms with E-state index in [2.05, 4.69) is 17.2 Å². The summed E-state index contributed by atoms with van der Waals surface area (Å²) in [4.78, 5) is 15.5. The summed E-state index contributed by atoms with van der Waals surface area (Å²) in [6, 6.07) is 2.95. The van der Waals surface area contributed by atoms with Crippen molar-refractivity contribution < 1.29 is 9.18 Å². The fraction of sp³-hybridized carbons (Fsp3) is 0.571. The van der Waals surface area contributed by atoms with Crippen LogP contribution in [0.5, 0.6) is 0 Å². The Morgan fingerprint density at radius 2 is 2.28 bits per heavy atom. The molecule has 1 N–H and O–H groups in total. The zero-order valence-corrected chi connectivity index (χ0v) is 10.7. The maximum absolute atomic E-state index is 13.0. The maximum Gasteiger partial charge on any atom is 0.251 e. The van der Waals surface area contributed by atoms with Crippen molar-refractivity contribution in [3.05, 3.63) is 29.8 Å². The summed E-state index contributed by atoms with van der Waals surface area (Å²) in [5.74, 6) is -0.255. The highest BCUT2D eigenvalue weighted by Crippen LogP contribution is 2.26. The van der Waals surface area contributed by atoms with Crippen LogP contribution in [-0.4, -0.2) is 16.9 Å². The van der Waals surface area contributed by atoms with Gasteiger partial charge in [-0.05, 0) is 24.8 Å². The number of aromatic nitrogens is 1. The van der Waals surface area contributed by atoms with Crippen molar-refractivity contribution in [2.75, 3.05) is 0 Å². The van der Waals surface area contributed by atoms with E-state index in [4.69, 9.17) is 0 Å². The minimum atomic E-state index is -0.613. The average Bonchev–Trinajstić information content (AvgIpc) is 2.39. The molecule has 1 heterocycles. The smallest absolute Gasteiger partial charge is 0.251 e. The Balaban J connectivity index is 2.02. The number of rotatable bonds is 3. The number of carbonyl (C=O) groups excluding carboxylic acids is 1. The Bertz CT molecular complexity index is 422. The number of nitrogens with one attached hydrogen (secondary N) is 1. The van der Waals surface area contributed by atoms with Gasteiger partial charge in [0.2, 0.25) is 5.95 Å². The Morgan fingerprint density at radius 1 is 1.50 bits per heavy atom. The predicted molar refractivity (Wildman–Crippen MR) is 67.7 cm³/mol. The van der Waals surface area contributed by atoms with E-state index in [0.717, 1.165) is 19.3 Å². The van der Waals surface area contributed by atoms with Crippen LogP contribution in [0.4, 0.5) is 4.39 Å². The lowest BCUT2D eigenvalue weighted by Crippen LogP contribution is -2.41. The SMILES string of the molecule is CCC1CCCCC1NC(=O)c1ccnc(F)c1. The van der Waals surface area contributed by atoms with E-state index >= 15 is 0 Å². The van der Waals surface area contributed by atoms with Gasteiger partial charge in [-0.2, -0.15) is 4.39 Å². The molecule has 0 spiro atoms. The summed E-state index contributed by atoms with van der Waals surface area (Å²) in [6.07, 6.45) is 7.00. The molecule has 2 rings (SSSR count). The van der Waals surface area contributed by atoms with Crippen LogP contribution >= 0.6 is 0 Å². The number of hydrogen-bond donors (Lipinski definition) is 1. The van der Waals surface area contributed by atoms with E-state index in [1.807, 2.05) is 0 Å². The van der Waals surface area contributed by atoms with E-state index < -0.39 is 5.95 Å². The molecule has 0 bridgehead atoms. The molecule has 1 fully saturated rings. The van der Waals surface area contributed by atoms with Crippen molar-refractivity contribution in [2.45, 2.75) is 45.1 Å². The standard InChI is InChI=1S/C14H19FN2O/c1-2-10-5-3-4-6-12(10)17-14(18)11-7-8-16-13(15)9-11/h7-10,12H,2-6H2,1H3,(H,17,18). The van der Waals surface area contributed by atoms with Gasteiger partial charge in [-0.25, -0.2) is 4.98 Å². The third-order valence-electron chi connectivity index (χ3n) is 3.74. The molecule has 0 aromatic carbocycles. The van der Waals surface area contributed by atoms with Gasteiger partial charge in [0.15, 0.2) is 0 Å². The van der Waals surface area contributed by atoms with Crippen molar-refractivity contribution in [1.82, 2.24) is 10.3 Å². The van der Waals surface area contributed by atoms with E-state index in [1.165, 1.54) is 25.1 Å². The van der Waals surface area contributed by atoms with Crippen LogP contribution in [0.15, 0.2) is 18.3 Å². The van der Waals surface area contributed by atoms with Gasteiger partial charge in [0.05, 0.1) is 0 Å². The van der Waals surface area contributed by atoms with Crippen molar-refractivity contribution in [3.8, 4) is 0 Å². The maximum atomic E-state index is 13.0. The van der Waals surface area contributed by atoms with E-state index in [0.29, 0.717) is 11.5 Å². The number of amides is 1. The fourth-order valence-corrected chi connectivity index (χ4v) is 2.68. The molecule has 1 aliphatic carbocycles. The van der Waals surface area contributed by atoms with Crippen molar-refractivity contribution in [1.29, 1.82) is 0 Å². The third kappa shape index (κ3) is 3.06. The second kappa shape index (κ2) is 5.94. The molecule has 98 valence electrons. The zero-order chi connectivity index (χ0) is 13.0. The molecule has 1 amide bonds. The quantitative estimate of drug-likeness (QED) is 0.838. The summed E-state index contributed by atoms with van der Waals surface area (Å²) in [7, 11) is 0. The van der Waals surface area contributed by atoms with E-state index in [9.17, 15) is 9.18 Å². The highest BCUT2D eigenvalue weighted by molar-refractivity contribution is 5.94. The second-order valence-corrected chi connectivity index (χ2v) is 4.90. The van der Waals surface area contributed by atoms with Gasteiger partial charge < -0.3 is 5.32 Å². The van der Waals surface area contributed by atoms with E-state index in [1.54, 1.807) is 6.07 Å². The number of nitrogens with zero attached hydrogens (tertiary/aromatic N) is 1. The third-order valence-corrected chi connectivity index (χ3v) is 3.74. The lowest BCUT2D eigenvalue weighted by molar-refractivity contribution is 0.0904. The number of carbonyl (C=O) groups is 1. The molecule has 18 heavy (non-hydrogen) atoms. The summed E-state index contributed by atoms with van der Waals surface area (Å²) >= 11 is 0. The van der Waals surface area contributed by atoms with Crippen molar-refractivity contribution in [3.63, 3.8) is 0 Å². The summed E-state index contributed by atoms with van der Waals surface area (Å²) in [6.45, 7) is 2.15. The minimum absolute atomic E-state index is 0.193. The zero-order valence-electron chi connectivity index (χ0n) is 10.7. The number of pyridine rings is 1. The van der Waals surface area contributed by atoms with E-state index in [-0.39, 0.29) is 11.9 Å². The predicted octanol–water partition coefficient (Wildman–Crippen LogP) is 2.92. The normalized spacial score (nSPS) is 23.7. The van der Waals surface area contributed by atoms with Gasteiger partial charge in [0, 0.05) is 23.9 Å². The topological polar surface area (TPSA) is 42.0 Å². The first-order valence-electron chi connectivity index (χ1n) is 6.63. The molecule has 0 saturated heterocycles. The Hall–Kier alpha value is -1.45. The molecular formula is C14H19FN2O. The molecule has 4 heteroatoms. The van der Waals surface area contributed by atoms with Gasteiger partial charge in [-0.3, -0.25) is 4.79 Å². The van der Waals surface area contributed by atoms with Crippen LogP contribution < -0.4 is 5.32 Å². The first-order valence-corrected chi connectivity index (χ1v) is 6.63. The minimum Gasteiger partial charge on any atom is -0.349 e. The lowest BCUT2D eigenvalue weighted by Gasteiger charge is -2.31. The molecule has 1 aliphatic rings. The Labute approximate surface area is 107 Å². The van der Waals surface area contributed by atoms with Gasteiger partial charge in [0.1, 0.15) is 0 Å². The average molecular weight is 250 g/mol. The molecule has 1 saturated carbocycles. The molecule has 1 aromatic heterocycles. The van der Waals surface area contributed by atoms with Gasteiger partial charge in [-0.1, -0.05) is 26.2 Å². The number of halogens is 1. The van der Waals surface area contributed by atoms with Crippen LogP contribution in [-0.2, 0) is 0 Å². The molecule has 2 unspecified atom stereocenters. The molecular weight excluding hydrogens is 231 g/mol. The second-order valence-electron chi connectivity index (χ2n) is 4.90. The van der Waals surface area contributed by atoms with Crippen LogP contribution in [0.1, 0.15) is 49.4 Å². The van der Waals surface area contributed by atoms with Gasteiger partial charge in [-0.15, -0.1) is 0 Å². The van der Waals surface area contributed by atoms with Gasteiger partial charge >= 0.3 is 0 Å². The molecule has 0 aliphatic heterocycles. The number of hydrogen-bond acceptors (Lipinski definition) is 2. The largest absolute Gasteiger partial charge is 0.349 e. The molecule has 0 radical (unpaired) electrons. The van der Waals surface area contributed by atoms with Gasteiger partial charge in [0.25, 0.3) is 5.91 Å². The lowest BCUT2D eigenvalue weighted by atomic mass is 9.83. The van der Waals surface area contributed by atoms with Crippen LogP contribution in [0.25, 0.3) is 0 Å². The van der Waals surface area contributed by atoms with Crippen LogP contribution in [0.3, 0.4) is 0 Å². The highest BCUT2D eigenvalue weighted by Gasteiger charge is 2.25.